The summed E-state index contributed by atoms with van der Waals surface area (Å²) in [5, 5.41) is 0. The monoisotopic (exact) mass is 2210 g/mol. The minimum absolute atomic E-state index is 0.0593. The second kappa shape index (κ2) is 41.7. The molecule has 7 unspecified atom stereocenters. The smallest absolute Gasteiger partial charge is 0.382 e. The summed E-state index contributed by atoms with van der Waals surface area (Å²) in [6.45, 7) is -4.41. The fourth-order valence-electron chi connectivity index (χ4n) is 18.3. The second-order valence-corrected chi connectivity index (χ2v) is 43.3. The Morgan fingerprint density at radius 2 is 0.600 bits per heavy atom. The Kier molecular flexibility index (Phi) is 29.1. The average molecular weight is 2210 g/mol. The molecule has 14 aromatic rings. The summed E-state index contributed by atoms with van der Waals surface area (Å²) in [6, 6.07) is 27.4. The standard InChI is InChI=1S/C80H91N27O37P6/c1-37-24-102(79(113)101-70(37)108)53-18-41(47(133-53)25-127-80(38-12-6-3-7-13-38,39-14-8-4-9-15-39)40-16-10-5-11-17-40)140-146(116,117)129-28-50-44(21-56(136-50)105-34-90-61-67(105)94-76(83)98-72(61)110)143-149(122,123)131-30-52-46(23-58(138-52)107-36-92-63-69(107)96-78(85)100-74(63)112)144-150(124,125)132-29-51-45(22-57(137-51)106-35-91-62-68(106)95-77(84)99-73(62)111)142-148(120,121)130-27-49-43(20-54(134-49)103-32-88-59-64(81)86-31-87-65(59)103)141-147(118,119)128-26-48-42(139-145(114,115)126-2)19-55(135-48)104-33-89-60-66(104)93-75(82)97-71(60)109/h3-17,24,31-36,41-58H,18-23,25-30H2,1-2H3,(H,114,115)(H,116,117)(H,118,119)(H,120,121)(H,122,123)(H,124,125)(H2,81,86,87)(H,101,108,113)(H3,82,93,97,109)(H3,83,94,98,110)(H3,84,95,99,111)(H3,85,96,100,112)/t41-,42-,43-,44-,45-,46-,47+,48+,49+,50+,51+,52+,53+,54?,55+,56+,57+,58+/m0/s1. The molecule has 6 aliphatic heterocycles. The molecular weight excluding hydrogens is 2120 g/mol. The zero-order valence-corrected chi connectivity index (χ0v) is 83.0. The van der Waals surface area contributed by atoms with Gasteiger partial charge in [-0.25, -0.2) is 67.1 Å². The van der Waals surface area contributed by atoms with Crippen molar-refractivity contribution in [3.05, 3.63) is 220 Å². The second-order valence-electron chi connectivity index (χ2n) is 34.8. The number of benzene rings is 3. The van der Waals surface area contributed by atoms with E-state index in [0.717, 1.165) is 52.4 Å². The predicted molar refractivity (Wildman–Crippen MR) is 507 cm³/mol. The van der Waals surface area contributed by atoms with Gasteiger partial charge in [0.2, 0.25) is 23.8 Å². The molecule has 0 amide bonds. The van der Waals surface area contributed by atoms with Gasteiger partial charge in [0, 0.05) is 57.4 Å². The molecule has 11 aromatic heterocycles. The van der Waals surface area contributed by atoms with E-state index in [2.05, 4.69) is 84.3 Å². The number of nitrogen functional groups attached to an aromatic ring is 5. The Morgan fingerprint density at radius 1 is 0.340 bits per heavy atom. The fraction of sp³-hybridized carbons (Fsp3) is 0.412. The number of aryl methyl sites for hydroxylation is 1. The lowest BCUT2D eigenvalue weighted by molar-refractivity contribution is -0.0952. The van der Waals surface area contributed by atoms with Crippen LogP contribution in [0.3, 0.4) is 0 Å². The van der Waals surface area contributed by atoms with Crippen molar-refractivity contribution in [1.82, 2.24) is 107 Å². The number of hydrogen-bond donors (Lipinski definition) is 16. The minimum Gasteiger partial charge on any atom is -0.382 e. The maximum Gasteiger partial charge on any atom is 0.472 e. The van der Waals surface area contributed by atoms with Gasteiger partial charge >= 0.3 is 52.6 Å². The summed E-state index contributed by atoms with van der Waals surface area (Å²) < 4.78 is 206. The van der Waals surface area contributed by atoms with Gasteiger partial charge in [-0.15, -0.1) is 0 Å². The van der Waals surface area contributed by atoms with Gasteiger partial charge in [-0.1, -0.05) is 91.0 Å². The highest BCUT2D eigenvalue weighted by molar-refractivity contribution is 7.48. The predicted octanol–water partition coefficient (Wildman–Crippen LogP) is 2.51. The Labute approximate surface area is 836 Å². The number of imidazole rings is 5. The number of hydrogen-bond acceptors (Lipinski definition) is 47. The van der Waals surface area contributed by atoms with Crippen LogP contribution in [0.2, 0.25) is 0 Å². The highest BCUT2D eigenvalue weighted by Gasteiger charge is 2.54. The average Bonchev–Trinajstić information content (AvgIpc) is 1.19. The van der Waals surface area contributed by atoms with Crippen molar-refractivity contribution in [2.24, 2.45) is 0 Å². The Hall–Kier alpha value is -12.3. The third-order valence-corrected chi connectivity index (χ3v) is 31.2. The first kappa shape index (κ1) is 105. The number of anilines is 5. The number of nitrogens with zero attached hydrogens (tertiary/aromatic N) is 17. The molecule has 0 saturated carbocycles. The van der Waals surface area contributed by atoms with Gasteiger partial charge in [-0.2, -0.15) is 19.9 Å². The molecule has 20 rings (SSSR count). The van der Waals surface area contributed by atoms with Crippen molar-refractivity contribution in [2.75, 3.05) is 75.4 Å². The van der Waals surface area contributed by atoms with Crippen LogP contribution in [0.4, 0.5) is 29.6 Å². The number of aromatic nitrogens is 22. The first-order chi connectivity index (χ1) is 71.5. The minimum atomic E-state index is -5.74. The van der Waals surface area contributed by atoms with Crippen molar-refractivity contribution in [3.8, 4) is 0 Å². The Balaban J connectivity index is 0.543. The number of phosphoric acid groups is 6. The molecule has 70 heteroatoms. The molecule has 64 nitrogen and oxygen atoms in total. The van der Waals surface area contributed by atoms with Crippen LogP contribution >= 0.6 is 46.9 Å². The summed E-state index contributed by atoms with van der Waals surface area (Å²) in [5.74, 6) is -1.60. The molecule has 24 atom stereocenters. The summed E-state index contributed by atoms with van der Waals surface area (Å²) in [7, 11) is -32.2. The largest absolute Gasteiger partial charge is 0.472 e. The van der Waals surface area contributed by atoms with E-state index >= 15 is 0 Å². The van der Waals surface area contributed by atoms with Crippen molar-refractivity contribution in [3.63, 3.8) is 0 Å². The van der Waals surface area contributed by atoms with Crippen molar-refractivity contribution >= 4 is 132 Å². The third-order valence-electron chi connectivity index (χ3n) is 25.1. The van der Waals surface area contributed by atoms with Crippen LogP contribution in [0.1, 0.15) is 98.1 Å². The van der Waals surface area contributed by atoms with Crippen LogP contribution in [0.15, 0.2) is 164 Å². The molecule has 0 spiro atoms. The van der Waals surface area contributed by atoms with E-state index in [-0.39, 0.29) is 91.9 Å². The third kappa shape index (κ3) is 22.1. The van der Waals surface area contributed by atoms with Crippen molar-refractivity contribution in [1.29, 1.82) is 0 Å². The number of aromatic amines is 5. The number of fused-ring (bicyclic) bond motifs is 5. The molecule has 3 aromatic carbocycles. The molecule has 17 heterocycles. The molecule has 6 fully saturated rings. The van der Waals surface area contributed by atoms with E-state index in [0.29, 0.717) is 16.7 Å². The maximum atomic E-state index is 14.9. The number of H-pyrrole nitrogens is 5. The van der Waals surface area contributed by atoms with Crippen LogP contribution in [-0.2, 0) is 120 Å². The van der Waals surface area contributed by atoms with E-state index in [1.54, 1.807) is 0 Å². The highest BCUT2D eigenvalue weighted by Crippen LogP contribution is 2.58. The first-order valence-corrected chi connectivity index (χ1v) is 54.2. The summed E-state index contributed by atoms with van der Waals surface area (Å²) in [5.41, 5.74) is 24.1. The molecule has 6 saturated heterocycles. The lowest BCUT2D eigenvalue weighted by Gasteiger charge is -2.37. The number of ether oxygens (including phenoxy) is 7. The van der Waals surface area contributed by atoms with Gasteiger partial charge in [0.1, 0.15) is 128 Å². The van der Waals surface area contributed by atoms with Crippen molar-refractivity contribution < 1.29 is 144 Å². The summed E-state index contributed by atoms with van der Waals surface area (Å²) in [4.78, 5) is 206. The lowest BCUT2D eigenvalue weighted by atomic mass is 9.80. The van der Waals surface area contributed by atoms with Crippen LogP contribution in [0, 0.1) is 6.92 Å². The Morgan fingerprint density at radius 3 is 0.887 bits per heavy atom. The normalized spacial score (nSPS) is 26.7. The van der Waals surface area contributed by atoms with E-state index in [4.69, 9.17) is 112 Å². The van der Waals surface area contributed by atoms with Crippen LogP contribution in [0.5, 0.6) is 0 Å². The lowest BCUT2D eigenvalue weighted by Crippen LogP contribution is -2.38. The SMILES string of the molecule is COP(=O)(O)O[C@H]1C[C@H](n2cnc3c(=O)[nH]c(N)nc32)O[C@@H]1COP(=O)(O)O[C@H]1CC(n2cnc3c(N)ncnc32)O[C@@H]1COP(=O)(O)O[C@H]1C[C@H](n2cnc3c(=O)[nH]c(N)nc32)O[C@@H]1COP(=O)(O)O[C@H]1C[C@H](n2cnc3c(=O)[nH]c(N)nc32)O[C@@H]1COP(=O)(O)O[C@H]1C[C@H](n2cnc3c(=O)[nH]c(N)nc32)O[C@@H]1COP(=O)(O)O[C@H]1C[C@H](n2cc(C)c(=O)[nH]c2=O)O[C@@H]1COC(c1ccccc1)(c1ccccc1)c1ccccc1. The highest BCUT2D eigenvalue weighted by atomic mass is 31.2. The maximum absolute atomic E-state index is 14.9. The van der Waals surface area contributed by atoms with Gasteiger partial charge < -0.3 is 91.2 Å². The van der Waals surface area contributed by atoms with Gasteiger partial charge in [-0.05, 0) is 23.6 Å². The topological polar surface area (TPSA) is 882 Å². The molecular formula is C80H91N27O37P6. The number of phosphoric ester groups is 6. The first-order valence-electron chi connectivity index (χ1n) is 45.2. The number of rotatable bonds is 40. The van der Waals surface area contributed by atoms with E-state index in [9.17, 15) is 85.5 Å². The van der Waals surface area contributed by atoms with E-state index in [1.807, 2.05) is 91.0 Å². The van der Waals surface area contributed by atoms with Crippen LogP contribution < -0.4 is 62.2 Å². The van der Waals surface area contributed by atoms with E-state index < -0.39 is 274 Å². The van der Waals surface area contributed by atoms with Gasteiger partial charge in [0.25, 0.3) is 27.8 Å². The molecule has 6 aliphatic rings. The Bertz CT molecular complexity index is 8050. The van der Waals surface area contributed by atoms with Gasteiger partial charge in [0.05, 0.1) is 71.3 Å². The molecule has 0 radical (unpaired) electrons. The molecule has 21 N–H and O–H groups in total. The molecule has 150 heavy (non-hydrogen) atoms. The molecule has 0 aliphatic carbocycles. The van der Waals surface area contributed by atoms with E-state index in [1.165, 1.54) is 33.1 Å². The molecule has 798 valence electrons. The zero-order valence-electron chi connectivity index (χ0n) is 77.6. The zero-order chi connectivity index (χ0) is 106. The molecule has 0 bridgehead atoms. The van der Waals surface area contributed by atoms with Crippen LogP contribution in [-0.4, -0.2) is 257 Å². The fourth-order valence-corrected chi connectivity index (χ4v) is 23.8. The quantitative estimate of drug-likeness (QED) is 0.0194. The summed E-state index contributed by atoms with van der Waals surface area (Å²) in [6.07, 6.45) is -23.2. The van der Waals surface area contributed by atoms with Crippen LogP contribution in [0.25, 0.3) is 55.8 Å². The summed E-state index contributed by atoms with van der Waals surface area (Å²) >= 11 is 0. The van der Waals surface area contributed by atoms with Crippen molar-refractivity contribution in [2.45, 2.75) is 162 Å². The number of nitrogens with one attached hydrogen (secondary N) is 5. The number of nitrogens with two attached hydrogens (primary N) is 5. The van der Waals surface area contributed by atoms with Gasteiger partial charge in [-0.3, -0.25) is 131 Å². The van der Waals surface area contributed by atoms with Gasteiger partial charge in [0.15, 0.2) is 56.1 Å².